The fourth-order valence-corrected chi connectivity index (χ4v) is 2.94. The van der Waals surface area contributed by atoms with E-state index in [1.165, 1.54) is 6.07 Å². The van der Waals surface area contributed by atoms with Crippen LogP contribution in [0.2, 0.25) is 0 Å². The molecule has 0 fully saturated rings. The molecule has 0 atom stereocenters. The predicted octanol–water partition coefficient (Wildman–Crippen LogP) is 3.84. The van der Waals surface area contributed by atoms with Gasteiger partial charge in [0.2, 0.25) is 0 Å². The lowest BCUT2D eigenvalue weighted by molar-refractivity contribution is 0.0954. The molecule has 3 rings (SSSR count). The van der Waals surface area contributed by atoms with Gasteiger partial charge in [-0.05, 0) is 44.9 Å². The predicted molar refractivity (Wildman–Crippen MR) is 126 cm³/mol. The lowest BCUT2D eigenvalue weighted by atomic mass is 10.1. The van der Waals surface area contributed by atoms with Gasteiger partial charge < -0.3 is 0 Å². The number of pyridine rings is 1. The second-order valence-electron chi connectivity index (χ2n) is 7.47. The van der Waals surface area contributed by atoms with Crippen LogP contribution in [0.25, 0.3) is 0 Å². The third kappa shape index (κ3) is 5.95. The minimum atomic E-state index is -0.449. The van der Waals surface area contributed by atoms with Crippen molar-refractivity contribution in [3.05, 3.63) is 99.4 Å². The number of carbonyl (C=O) groups is 2. The van der Waals surface area contributed by atoms with E-state index in [4.69, 9.17) is 0 Å². The van der Waals surface area contributed by atoms with Gasteiger partial charge in [-0.2, -0.15) is 10.2 Å². The first kappa shape index (κ1) is 22.6. The van der Waals surface area contributed by atoms with Crippen LogP contribution in [0.4, 0.5) is 0 Å². The fraction of sp³-hybridized carbons (Fsp3) is 0.160. The summed E-state index contributed by atoms with van der Waals surface area (Å²) >= 11 is 0. The molecule has 0 bridgehead atoms. The van der Waals surface area contributed by atoms with Gasteiger partial charge in [0.25, 0.3) is 11.8 Å². The van der Waals surface area contributed by atoms with Crippen molar-refractivity contribution < 1.29 is 9.59 Å². The number of amides is 2. The standard InChI is InChI=1S/C25H25N5O2/c1-16-5-9-20(10-6-16)14-26-29-24(31)22-13-23(19(4)28-18(22)3)25(32)30-27-15-21-11-7-17(2)8-12-21/h5-15H,1-4H3,(H,29,31)(H,30,32)/b26-14+,27-15+. The van der Waals surface area contributed by atoms with Gasteiger partial charge in [-0.3, -0.25) is 14.6 Å². The van der Waals surface area contributed by atoms with Crippen molar-refractivity contribution in [3.63, 3.8) is 0 Å². The molecule has 3 aromatic rings. The second-order valence-corrected chi connectivity index (χ2v) is 7.47. The third-order valence-electron chi connectivity index (χ3n) is 4.81. The van der Waals surface area contributed by atoms with Crippen molar-refractivity contribution in [2.45, 2.75) is 27.7 Å². The Bertz CT molecular complexity index is 1090. The largest absolute Gasteiger partial charge is 0.273 e. The number of hydrogen-bond donors (Lipinski definition) is 2. The monoisotopic (exact) mass is 427 g/mol. The van der Waals surface area contributed by atoms with Crippen molar-refractivity contribution in [1.82, 2.24) is 15.8 Å². The molecule has 0 saturated carbocycles. The van der Waals surface area contributed by atoms with Crippen molar-refractivity contribution >= 4 is 24.2 Å². The number of carbonyl (C=O) groups excluding carboxylic acids is 2. The summed E-state index contributed by atoms with van der Waals surface area (Å²) in [5.41, 5.74) is 10.5. The van der Waals surface area contributed by atoms with Gasteiger partial charge in [-0.15, -0.1) is 0 Å². The summed E-state index contributed by atoms with van der Waals surface area (Å²) in [5, 5.41) is 8.00. The zero-order valence-electron chi connectivity index (χ0n) is 18.5. The summed E-state index contributed by atoms with van der Waals surface area (Å²) < 4.78 is 0. The maximum atomic E-state index is 12.6. The van der Waals surface area contributed by atoms with Crippen LogP contribution in [-0.4, -0.2) is 29.2 Å². The first-order valence-electron chi connectivity index (χ1n) is 10.1. The van der Waals surface area contributed by atoms with E-state index < -0.39 is 11.8 Å². The van der Waals surface area contributed by atoms with Crippen LogP contribution >= 0.6 is 0 Å². The van der Waals surface area contributed by atoms with Gasteiger partial charge in [0.05, 0.1) is 34.9 Å². The molecule has 162 valence electrons. The second kappa shape index (κ2) is 10.3. The zero-order chi connectivity index (χ0) is 23.1. The van der Waals surface area contributed by atoms with Crippen LogP contribution in [0.1, 0.15) is 54.4 Å². The van der Waals surface area contributed by atoms with Crippen LogP contribution in [0, 0.1) is 27.7 Å². The highest BCUT2D eigenvalue weighted by atomic mass is 16.2. The van der Waals surface area contributed by atoms with Crippen molar-refractivity contribution in [2.75, 3.05) is 0 Å². The number of nitrogens with zero attached hydrogens (tertiary/aromatic N) is 3. The molecule has 0 spiro atoms. The van der Waals surface area contributed by atoms with Crippen LogP contribution in [-0.2, 0) is 0 Å². The van der Waals surface area contributed by atoms with Crippen LogP contribution in [0.15, 0.2) is 64.8 Å². The maximum Gasteiger partial charge on any atom is 0.273 e. The van der Waals surface area contributed by atoms with Gasteiger partial charge in [-0.1, -0.05) is 59.7 Å². The molecule has 0 unspecified atom stereocenters. The first-order valence-corrected chi connectivity index (χ1v) is 10.1. The lowest BCUT2D eigenvalue weighted by Crippen LogP contribution is -2.23. The Morgan fingerprint density at radius 1 is 0.688 bits per heavy atom. The van der Waals surface area contributed by atoms with Gasteiger partial charge in [0.15, 0.2) is 0 Å². The molecule has 2 amide bonds. The highest BCUT2D eigenvalue weighted by Crippen LogP contribution is 2.13. The first-order chi connectivity index (χ1) is 15.3. The van der Waals surface area contributed by atoms with E-state index in [0.717, 1.165) is 22.3 Å². The summed E-state index contributed by atoms with van der Waals surface area (Å²) in [6.07, 6.45) is 3.11. The Balaban J connectivity index is 1.69. The zero-order valence-corrected chi connectivity index (χ0v) is 18.5. The Labute approximate surface area is 187 Å². The minimum absolute atomic E-state index is 0.268. The average Bonchev–Trinajstić information content (AvgIpc) is 2.76. The molecule has 32 heavy (non-hydrogen) atoms. The molecule has 7 heteroatoms. The van der Waals surface area contributed by atoms with Crippen molar-refractivity contribution in [2.24, 2.45) is 10.2 Å². The topological polar surface area (TPSA) is 95.8 Å². The number of hydrazone groups is 2. The van der Waals surface area contributed by atoms with Gasteiger partial charge in [0.1, 0.15) is 0 Å². The molecule has 1 heterocycles. The summed E-state index contributed by atoms with van der Waals surface area (Å²) in [4.78, 5) is 29.5. The molecule has 0 aliphatic carbocycles. The van der Waals surface area contributed by atoms with Crippen molar-refractivity contribution in [3.8, 4) is 0 Å². The van der Waals surface area contributed by atoms with E-state index in [1.54, 1.807) is 26.3 Å². The Hall–Kier alpha value is -4.13. The molecule has 0 aliphatic rings. The number of benzene rings is 2. The molecule has 0 aliphatic heterocycles. The van der Waals surface area contributed by atoms with E-state index in [0.29, 0.717) is 11.4 Å². The number of aryl methyl sites for hydroxylation is 4. The van der Waals surface area contributed by atoms with Crippen molar-refractivity contribution in [1.29, 1.82) is 0 Å². The quantitative estimate of drug-likeness (QED) is 0.462. The van der Waals surface area contributed by atoms with Gasteiger partial charge in [0, 0.05) is 0 Å². The van der Waals surface area contributed by atoms with E-state index in [9.17, 15) is 9.59 Å². The maximum absolute atomic E-state index is 12.6. The molecule has 1 aromatic heterocycles. The van der Waals surface area contributed by atoms with Gasteiger partial charge in [-0.25, -0.2) is 10.9 Å². The number of hydrogen-bond acceptors (Lipinski definition) is 5. The Kier molecular flexibility index (Phi) is 7.23. The molecule has 0 saturated heterocycles. The molecule has 2 aromatic carbocycles. The fourth-order valence-electron chi connectivity index (χ4n) is 2.94. The number of rotatable bonds is 6. The van der Waals surface area contributed by atoms with E-state index in [2.05, 4.69) is 26.0 Å². The number of aromatic nitrogens is 1. The van der Waals surface area contributed by atoms with E-state index in [-0.39, 0.29) is 11.1 Å². The molecular formula is C25H25N5O2. The van der Waals surface area contributed by atoms with E-state index >= 15 is 0 Å². The highest BCUT2D eigenvalue weighted by Gasteiger charge is 2.17. The molecule has 2 N–H and O–H groups in total. The molecular weight excluding hydrogens is 402 g/mol. The van der Waals surface area contributed by atoms with Gasteiger partial charge >= 0.3 is 0 Å². The highest BCUT2D eigenvalue weighted by molar-refractivity contribution is 6.01. The third-order valence-corrected chi connectivity index (χ3v) is 4.81. The Morgan fingerprint density at radius 2 is 1.06 bits per heavy atom. The summed E-state index contributed by atoms with van der Waals surface area (Å²) in [6.45, 7) is 7.42. The number of nitrogens with one attached hydrogen (secondary N) is 2. The Morgan fingerprint density at radius 3 is 1.44 bits per heavy atom. The molecule has 0 radical (unpaired) electrons. The van der Waals surface area contributed by atoms with Crippen LogP contribution < -0.4 is 10.9 Å². The normalized spacial score (nSPS) is 11.1. The SMILES string of the molecule is Cc1ccc(/C=N/NC(=O)c2cc(C(=O)N/N=C/c3ccc(C)cc3)c(C)nc2C)cc1. The lowest BCUT2D eigenvalue weighted by Gasteiger charge is -2.09. The summed E-state index contributed by atoms with van der Waals surface area (Å²) in [5.74, 6) is -0.897. The summed E-state index contributed by atoms with van der Waals surface area (Å²) in [7, 11) is 0. The van der Waals surface area contributed by atoms with Crippen LogP contribution in [0.3, 0.4) is 0 Å². The minimum Gasteiger partial charge on any atom is -0.267 e. The average molecular weight is 428 g/mol. The van der Waals surface area contributed by atoms with Crippen LogP contribution in [0.5, 0.6) is 0 Å². The molecule has 7 nitrogen and oxygen atoms in total. The summed E-state index contributed by atoms with van der Waals surface area (Å²) in [6, 6.07) is 17.0. The smallest absolute Gasteiger partial charge is 0.267 e. The van der Waals surface area contributed by atoms with E-state index in [1.807, 2.05) is 62.4 Å².